The lowest BCUT2D eigenvalue weighted by atomic mass is 9.83. The number of nitrogens with zero attached hydrogens (tertiary/aromatic N) is 5. The number of benzene rings is 2. The molecule has 0 spiro atoms. The van der Waals surface area contributed by atoms with Crippen molar-refractivity contribution in [1.82, 2.24) is 24.3 Å². The Morgan fingerprint density at radius 1 is 0.868 bits per heavy atom. The van der Waals surface area contributed by atoms with Crippen LogP contribution in [0.1, 0.15) is 108 Å². The number of aromatic nitrogens is 2. The predicted molar refractivity (Wildman–Crippen MR) is 199 cm³/mol. The summed E-state index contributed by atoms with van der Waals surface area (Å²) in [7, 11) is 0. The number of fused-ring (bicyclic) bond motifs is 3. The summed E-state index contributed by atoms with van der Waals surface area (Å²) in [5.74, 6) is -0.490. The van der Waals surface area contributed by atoms with Crippen molar-refractivity contribution < 1.29 is 28.6 Å². The zero-order chi connectivity index (χ0) is 37.7. The van der Waals surface area contributed by atoms with Crippen LogP contribution in [-0.2, 0) is 16.1 Å². The normalized spacial score (nSPS) is 24.9. The quantitative estimate of drug-likeness (QED) is 0.313. The van der Waals surface area contributed by atoms with Crippen molar-refractivity contribution in [3.8, 4) is 0 Å². The second-order valence-electron chi connectivity index (χ2n) is 17.3. The van der Waals surface area contributed by atoms with Gasteiger partial charge in [0.25, 0.3) is 5.91 Å². The van der Waals surface area contributed by atoms with E-state index in [4.69, 9.17) is 4.74 Å². The number of nitrogens with one attached hydrogen (secondary N) is 1. The lowest BCUT2D eigenvalue weighted by molar-refractivity contribution is -0.142. The Morgan fingerprint density at radius 3 is 2.09 bits per heavy atom. The second-order valence-corrected chi connectivity index (χ2v) is 17.3. The number of piperazine rings is 1. The van der Waals surface area contributed by atoms with Crippen molar-refractivity contribution in [2.45, 2.75) is 122 Å². The van der Waals surface area contributed by atoms with Crippen LogP contribution in [0, 0.1) is 17.7 Å². The zero-order valence-corrected chi connectivity index (χ0v) is 31.8. The van der Waals surface area contributed by atoms with E-state index in [1.807, 2.05) is 40.7 Å². The highest BCUT2D eigenvalue weighted by molar-refractivity contribution is 5.95. The highest BCUT2D eigenvalue weighted by atomic mass is 19.1. The molecule has 1 saturated carbocycles. The fourth-order valence-electron chi connectivity index (χ4n) is 9.07. The Bertz CT molecular complexity index is 1880. The fraction of sp³-hybridized carbons (Fsp3) is 0.610. The largest absolute Gasteiger partial charge is 0.444 e. The third-order valence-corrected chi connectivity index (χ3v) is 11.9. The molecular formula is C41H55FN6O5. The molecule has 4 heterocycles. The summed E-state index contributed by atoms with van der Waals surface area (Å²) in [5.41, 5.74) is 2.51. The van der Waals surface area contributed by atoms with Crippen LogP contribution >= 0.6 is 0 Å². The van der Waals surface area contributed by atoms with Gasteiger partial charge in [-0.3, -0.25) is 14.5 Å². The molecule has 0 radical (unpaired) electrons. The van der Waals surface area contributed by atoms with E-state index in [9.17, 15) is 23.9 Å². The van der Waals surface area contributed by atoms with Gasteiger partial charge in [-0.05, 0) is 147 Å². The molecule has 2 unspecified atom stereocenters. The molecule has 4 fully saturated rings. The number of likely N-dealkylation sites (tertiary alicyclic amines) is 2. The van der Waals surface area contributed by atoms with Gasteiger partial charge in [0, 0.05) is 49.2 Å². The fourth-order valence-corrected chi connectivity index (χ4v) is 9.07. The minimum Gasteiger partial charge on any atom is -0.444 e. The molecule has 1 aromatic heterocycles. The van der Waals surface area contributed by atoms with Crippen LogP contribution in [0.25, 0.3) is 11.0 Å². The SMILES string of the molecule is CC(C)(C)OC(=O)N1CC2CCC(C1)N2C(=O)[C@H]1CC[C@@H](n2/c(=N/C(=O)c3ccc(F)cc3)[nH]c3ccc(CN4CCC(C(C)(C)O)CC4)cc32)CC1. The average molecular weight is 731 g/mol. The molecule has 53 heavy (non-hydrogen) atoms. The number of hydrogen-bond donors (Lipinski definition) is 2. The van der Waals surface area contributed by atoms with Crippen molar-refractivity contribution in [2.24, 2.45) is 16.8 Å². The van der Waals surface area contributed by atoms with Gasteiger partial charge < -0.3 is 29.2 Å². The molecule has 2 N–H and O–H groups in total. The number of piperidine rings is 1. The number of amides is 3. The minimum atomic E-state index is -0.674. The molecule has 2 bridgehead atoms. The zero-order valence-electron chi connectivity index (χ0n) is 31.8. The number of halogens is 1. The third kappa shape index (κ3) is 8.23. The van der Waals surface area contributed by atoms with Crippen molar-refractivity contribution in [2.75, 3.05) is 26.2 Å². The predicted octanol–water partition coefficient (Wildman–Crippen LogP) is 6.17. The molecule has 286 valence electrons. The van der Waals surface area contributed by atoms with Crippen molar-refractivity contribution in [3.05, 3.63) is 65.0 Å². The molecule has 1 aliphatic carbocycles. The number of rotatable bonds is 6. The number of aromatic amines is 1. The number of hydrogen-bond acceptors (Lipinski definition) is 6. The first-order chi connectivity index (χ1) is 25.1. The minimum absolute atomic E-state index is 0.0108. The van der Waals surface area contributed by atoms with E-state index in [0.29, 0.717) is 24.3 Å². The number of carbonyl (C=O) groups excluding carboxylic acids is 3. The molecule has 4 aliphatic rings. The van der Waals surface area contributed by atoms with E-state index < -0.39 is 22.9 Å². The summed E-state index contributed by atoms with van der Waals surface area (Å²) in [6, 6.07) is 11.8. The van der Waals surface area contributed by atoms with Crippen molar-refractivity contribution >= 4 is 28.9 Å². The van der Waals surface area contributed by atoms with E-state index in [1.54, 1.807) is 4.90 Å². The second kappa shape index (κ2) is 14.7. The molecule has 11 nitrogen and oxygen atoms in total. The summed E-state index contributed by atoms with van der Waals surface area (Å²) in [4.78, 5) is 54.5. The van der Waals surface area contributed by atoms with Gasteiger partial charge in [-0.1, -0.05) is 6.07 Å². The maximum Gasteiger partial charge on any atom is 0.410 e. The van der Waals surface area contributed by atoms with Crippen molar-refractivity contribution in [3.63, 3.8) is 0 Å². The van der Waals surface area contributed by atoms with E-state index in [-0.39, 0.29) is 42.0 Å². The Hall–Kier alpha value is -4.03. The van der Waals surface area contributed by atoms with E-state index in [2.05, 4.69) is 36.5 Å². The molecule has 3 saturated heterocycles. The lowest BCUT2D eigenvalue weighted by Gasteiger charge is -2.43. The van der Waals surface area contributed by atoms with Gasteiger partial charge in [-0.25, -0.2) is 9.18 Å². The monoisotopic (exact) mass is 730 g/mol. The first kappa shape index (κ1) is 37.3. The first-order valence-electron chi connectivity index (χ1n) is 19.5. The van der Waals surface area contributed by atoms with Gasteiger partial charge in [0.2, 0.25) is 11.5 Å². The number of aliphatic hydroxyl groups is 1. The average Bonchev–Trinajstić information content (AvgIpc) is 3.59. The smallest absolute Gasteiger partial charge is 0.410 e. The standard InChI is InChI=1S/C41H55FN6O5/c1-40(2,3)53-39(51)46-24-32-15-16-33(25-46)47(32)37(50)28-9-13-31(14-10-28)48-35-22-26(23-45-20-18-29(19-21-45)41(4,5)52)6-17-34(35)43-38(48)44-36(49)27-7-11-30(42)12-8-27/h6-8,11-12,17,22,28-29,31-33,52H,9-10,13-16,18-21,23-25H2,1-5H3,(H,43,44,49)/t28-,31+,32?,33?. The maximum absolute atomic E-state index is 14.1. The molecule has 3 amide bonds. The number of carbonyl (C=O) groups is 3. The third-order valence-electron chi connectivity index (χ3n) is 11.9. The van der Waals surface area contributed by atoms with Gasteiger partial charge in [0.1, 0.15) is 11.4 Å². The highest BCUT2D eigenvalue weighted by Crippen LogP contribution is 2.38. The summed E-state index contributed by atoms with van der Waals surface area (Å²) >= 11 is 0. The Morgan fingerprint density at radius 2 is 1.49 bits per heavy atom. The maximum atomic E-state index is 14.1. The summed E-state index contributed by atoms with van der Waals surface area (Å²) in [6.07, 6.45) is 6.32. The molecule has 3 aliphatic heterocycles. The lowest BCUT2D eigenvalue weighted by Crippen LogP contribution is -2.59. The van der Waals surface area contributed by atoms with Gasteiger partial charge in [-0.2, -0.15) is 4.99 Å². The molecule has 2 atom stereocenters. The van der Waals surface area contributed by atoms with Crippen LogP contribution < -0.4 is 5.62 Å². The summed E-state index contributed by atoms with van der Waals surface area (Å²) in [5, 5.41) is 10.5. The summed E-state index contributed by atoms with van der Waals surface area (Å²) in [6.45, 7) is 13.0. The Balaban J connectivity index is 1.09. The highest BCUT2D eigenvalue weighted by Gasteiger charge is 2.46. The first-order valence-corrected chi connectivity index (χ1v) is 19.5. The van der Waals surface area contributed by atoms with Crippen LogP contribution in [0.2, 0.25) is 0 Å². The molecule has 3 aromatic rings. The van der Waals surface area contributed by atoms with Gasteiger partial charge in [0.05, 0.1) is 16.6 Å². The van der Waals surface area contributed by atoms with Crippen molar-refractivity contribution in [1.29, 1.82) is 0 Å². The van der Waals surface area contributed by atoms with E-state index in [0.717, 1.165) is 87.6 Å². The molecule has 7 rings (SSSR count). The van der Waals surface area contributed by atoms with Gasteiger partial charge in [-0.15, -0.1) is 0 Å². The number of imidazole rings is 1. The molecule has 2 aromatic carbocycles. The number of ether oxygens (including phenoxy) is 1. The van der Waals surface area contributed by atoms with Crippen LogP contribution in [0.4, 0.5) is 9.18 Å². The molecule has 12 heteroatoms. The summed E-state index contributed by atoms with van der Waals surface area (Å²) < 4.78 is 21.4. The Labute approximate surface area is 311 Å². The van der Waals surface area contributed by atoms with Crippen LogP contribution in [-0.4, -0.2) is 96.7 Å². The number of H-pyrrole nitrogens is 1. The Kier molecular flexibility index (Phi) is 10.3. The van der Waals surface area contributed by atoms with Gasteiger partial charge in [0.15, 0.2) is 0 Å². The van der Waals surface area contributed by atoms with Crippen LogP contribution in [0.15, 0.2) is 47.5 Å². The molecular weight excluding hydrogens is 675 g/mol. The van der Waals surface area contributed by atoms with Gasteiger partial charge >= 0.3 is 6.09 Å². The van der Waals surface area contributed by atoms with Crippen LogP contribution in [0.3, 0.4) is 0 Å². The van der Waals surface area contributed by atoms with Crippen LogP contribution in [0.5, 0.6) is 0 Å². The topological polar surface area (TPSA) is 123 Å². The van der Waals surface area contributed by atoms with E-state index in [1.165, 1.54) is 24.3 Å². The van der Waals surface area contributed by atoms with E-state index >= 15 is 0 Å².